The largest absolute Gasteiger partial charge is 0.386 e. The Labute approximate surface area is 122 Å². The van der Waals surface area contributed by atoms with E-state index in [2.05, 4.69) is 5.32 Å². The molecule has 1 amide bonds. The van der Waals surface area contributed by atoms with Gasteiger partial charge in [0, 0.05) is 28.6 Å². The van der Waals surface area contributed by atoms with Gasteiger partial charge in [-0.2, -0.15) is 0 Å². The van der Waals surface area contributed by atoms with Crippen LogP contribution in [0, 0.1) is 5.92 Å². The van der Waals surface area contributed by atoms with Crippen LogP contribution in [0.2, 0.25) is 10.0 Å². The molecular weight excluding hydrogens is 285 g/mol. The van der Waals surface area contributed by atoms with Crippen molar-refractivity contribution in [3.8, 4) is 0 Å². The van der Waals surface area contributed by atoms with Crippen molar-refractivity contribution in [1.82, 2.24) is 5.32 Å². The first-order chi connectivity index (χ1) is 9.08. The number of rotatable bonds is 6. The monoisotopic (exact) mass is 301 g/mol. The highest BCUT2D eigenvalue weighted by Crippen LogP contribution is 2.33. The molecule has 0 bridgehead atoms. The number of amides is 1. The lowest BCUT2D eigenvalue weighted by Crippen LogP contribution is -2.28. The lowest BCUT2D eigenvalue weighted by Gasteiger charge is -2.15. The van der Waals surface area contributed by atoms with Crippen LogP contribution in [-0.2, 0) is 4.79 Å². The molecule has 0 radical (unpaired) electrons. The molecule has 0 saturated heterocycles. The Hall–Kier alpha value is -0.770. The lowest BCUT2D eigenvalue weighted by molar-refractivity contribution is -0.121. The third kappa shape index (κ3) is 4.37. The Morgan fingerprint density at radius 1 is 1.37 bits per heavy atom. The van der Waals surface area contributed by atoms with Gasteiger partial charge in [-0.1, -0.05) is 42.1 Å². The highest BCUT2D eigenvalue weighted by molar-refractivity contribution is 6.36. The molecule has 3 nitrogen and oxygen atoms in total. The van der Waals surface area contributed by atoms with Crippen molar-refractivity contribution < 1.29 is 9.90 Å². The van der Waals surface area contributed by atoms with E-state index in [4.69, 9.17) is 23.2 Å². The van der Waals surface area contributed by atoms with Crippen LogP contribution in [0.1, 0.15) is 37.4 Å². The minimum absolute atomic E-state index is 0.0332. The van der Waals surface area contributed by atoms with E-state index in [0.29, 0.717) is 22.0 Å². The molecule has 1 aromatic rings. The van der Waals surface area contributed by atoms with Gasteiger partial charge in [0.1, 0.15) is 0 Å². The Morgan fingerprint density at radius 3 is 2.58 bits per heavy atom. The molecule has 5 heteroatoms. The zero-order chi connectivity index (χ0) is 13.8. The molecule has 1 atom stereocenters. The highest BCUT2D eigenvalue weighted by Gasteiger charge is 2.22. The minimum atomic E-state index is -0.883. The van der Waals surface area contributed by atoms with Crippen LogP contribution in [0.3, 0.4) is 0 Å². The smallest absolute Gasteiger partial charge is 0.220 e. The minimum Gasteiger partial charge on any atom is -0.386 e. The highest BCUT2D eigenvalue weighted by atomic mass is 35.5. The molecule has 19 heavy (non-hydrogen) atoms. The summed E-state index contributed by atoms with van der Waals surface area (Å²) >= 11 is 12.0. The van der Waals surface area contributed by atoms with E-state index in [1.54, 1.807) is 18.2 Å². The Balaban J connectivity index is 1.82. The summed E-state index contributed by atoms with van der Waals surface area (Å²) in [6.45, 7) is 0.132. The fourth-order valence-corrected chi connectivity index (χ4v) is 2.62. The van der Waals surface area contributed by atoms with Crippen molar-refractivity contribution in [2.75, 3.05) is 6.54 Å². The van der Waals surface area contributed by atoms with Gasteiger partial charge in [-0.15, -0.1) is 0 Å². The van der Waals surface area contributed by atoms with Crippen LogP contribution in [0.4, 0.5) is 0 Å². The van der Waals surface area contributed by atoms with E-state index >= 15 is 0 Å². The predicted octanol–water partition coefficient (Wildman–Crippen LogP) is 3.33. The van der Waals surface area contributed by atoms with E-state index in [-0.39, 0.29) is 12.5 Å². The van der Waals surface area contributed by atoms with Crippen molar-refractivity contribution in [2.45, 2.75) is 31.8 Å². The molecule has 2 N–H and O–H groups in total. The van der Waals surface area contributed by atoms with Crippen LogP contribution in [0.15, 0.2) is 18.2 Å². The maximum Gasteiger partial charge on any atom is 0.220 e. The molecule has 0 aliphatic heterocycles. The second kappa shape index (κ2) is 6.60. The van der Waals surface area contributed by atoms with Crippen LogP contribution < -0.4 is 5.32 Å². The molecule has 1 aliphatic rings. The van der Waals surface area contributed by atoms with E-state index in [0.717, 1.165) is 12.3 Å². The van der Waals surface area contributed by atoms with E-state index in [1.165, 1.54) is 12.8 Å². The van der Waals surface area contributed by atoms with Crippen LogP contribution in [0.25, 0.3) is 0 Å². The molecule has 2 rings (SSSR count). The summed E-state index contributed by atoms with van der Waals surface area (Å²) in [7, 11) is 0. The van der Waals surface area contributed by atoms with E-state index in [9.17, 15) is 9.90 Å². The van der Waals surface area contributed by atoms with Crippen molar-refractivity contribution in [3.05, 3.63) is 33.8 Å². The second-order valence-corrected chi connectivity index (χ2v) is 5.75. The number of carbonyl (C=O) groups is 1. The first-order valence-electron chi connectivity index (χ1n) is 6.46. The zero-order valence-electron chi connectivity index (χ0n) is 10.5. The molecule has 1 aromatic carbocycles. The van der Waals surface area contributed by atoms with Crippen molar-refractivity contribution in [1.29, 1.82) is 0 Å². The van der Waals surface area contributed by atoms with Gasteiger partial charge in [-0.25, -0.2) is 0 Å². The van der Waals surface area contributed by atoms with Gasteiger partial charge in [0.15, 0.2) is 0 Å². The molecule has 1 unspecified atom stereocenters. The molecule has 104 valence electrons. The van der Waals surface area contributed by atoms with Crippen molar-refractivity contribution in [2.24, 2.45) is 5.92 Å². The summed E-state index contributed by atoms with van der Waals surface area (Å²) in [5.41, 5.74) is 0.466. The number of benzene rings is 1. The predicted molar refractivity (Wildman–Crippen MR) is 76.4 cm³/mol. The number of aliphatic hydroxyl groups is 1. The maximum atomic E-state index is 11.6. The summed E-state index contributed by atoms with van der Waals surface area (Å²) in [5, 5.41) is 13.6. The Kier molecular flexibility index (Phi) is 5.08. The first-order valence-corrected chi connectivity index (χ1v) is 7.22. The number of aliphatic hydroxyl groups excluding tert-OH is 1. The standard InChI is InChI=1S/C14H17Cl2NO2/c15-10-2-1-3-11(16)14(10)12(18)8-17-13(19)7-6-9-4-5-9/h1-3,9,12,18H,4-8H2,(H,17,19). The van der Waals surface area contributed by atoms with E-state index < -0.39 is 6.10 Å². The number of hydrogen-bond donors (Lipinski definition) is 2. The average molecular weight is 302 g/mol. The van der Waals surface area contributed by atoms with Gasteiger partial charge < -0.3 is 10.4 Å². The van der Waals surface area contributed by atoms with Gasteiger partial charge in [0.25, 0.3) is 0 Å². The number of carbonyl (C=O) groups excluding carboxylic acids is 1. The van der Waals surface area contributed by atoms with E-state index in [1.807, 2.05) is 0 Å². The van der Waals surface area contributed by atoms with Gasteiger partial charge in [-0.3, -0.25) is 4.79 Å². The number of nitrogens with one attached hydrogen (secondary N) is 1. The molecule has 0 aromatic heterocycles. The second-order valence-electron chi connectivity index (χ2n) is 4.94. The van der Waals surface area contributed by atoms with Crippen LogP contribution in [-0.4, -0.2) is 17.6 Å². The molecule has 0 spiro atoms. The summed E-state index contributed by atoms with van der Waals surface area (Å²) < 4.78 is 0. The number of halogens is 2. The average Bonchev–Trinajstić information content (AvgIpc) is 3.17. The topological polar surface area (TPSA) is 49.3 Å². The fraction of sp³-hybridized carbons (Fsp3) is 0.500. The van der Waals surface area contributed by atoms with Crippen LogP contribution in [0.5, 0.6) is 0 Å². The SMILES string of the molecule is O=C(CCC1CC1)NCC(O)c1c(Cl)cccc1Cl. The third-order valence-corrected chi connectivity index (χ3v) is 3.96. The lowest BCUT2D eigenvalue weighted by atomic mass is 10.1. The Bertz CT molecular complexity index is 441. The molecule has 0 heterocycles. The maximum absolute atomic E-state index is 11.6. The zero-order valence-corrected chi connectivity index (χ0v) is 12.0. The quantitative estimate of drug-likeness (QED) is 0.847. The van der Waals surface area contributed by atoms with Gasteiger partial charge >= 0.3 is 0 Å². The first kappa shape index (κ1) is 14.6. The molecule has 1 aliphatic carbocycles. The summed E-state index contributed by atoms with van der Waals surface area (Å²) in [4.78, 5) is 11.6. The van der Waals surface area contributed by atoms with Crippen molar-refractivity contribution in [3.63, 3.8) is 0 Å². The van der Waals surface area contributed by atoms with Crippen molar-refractivity contribution >= 4 is 29.1 Å². The molecule has 1 saturated carbocycles. The van der Waals surface area contributed by atoms with Crippen LogP contribution >= 0.6 is 23.2 Å². The fourth-order valence-electron chi connectivity index (χ4n) is 1.97. The number of hydrogen-bond acceptors (Lipinski definition) is 2. The summed E-state index contributed by atoms with van der Waals surface area (Å²) in [6.07, 6.45) is 3.06. The van der Waals surface area contributed by atoms with Gasteiger partial charge in [0.05, 0.1) is 6.10 Å². The molecular formula is C14H17Cl2NO2. The normalized spacial score (nSPS) is 16.2. The summed E-state index contributed by atoms with van der Waals surface area (Å²) in [5.74, 6) is 0.697. The third-order valence-electron chi connectivity index (χ3n) is 3.30. The summed E-state index contributed by atoms with van der Waals surface area (Å²) in [6, 6.07) is 5.05. The Morgan fingerprint density at radius 2 is 2.00 bits per heavy atom. The molecule has 1 fully saturated rings. The van der Waals surface area contributed by atoms with Gasteiger partial charge in [0.2, 0.25) is 5.91 Å². The van der Waals surface area contributed by atoms with Gasteiger partial charge in [-0.05, 0) is 24.5 Å².